The van der Waals surface area contributed by atoms with Gasteiger partial charge in [0.2, 0.25) is 0 Å². The molecule has 34 heavy (non-hydrogen) atoms. The summed E-state index contributed by atoms with van der Waals surface area (Å²) < 4.78 is 6.52. The van der Waals surface area contributed by atoms with E-state index >= 15 is 0 Å². The number of likely N-dealkylation sites (tertiary alicyclic amines) is 1. The number of benzene rings is 2. The van der Waals surface area contributed by atoms with Crippen molar-refractivity contribution in [1.29, 1.82) is 0 Å². The normalized spacial score (nSPS) is 33.5. The van der Waals surface area contributed by atoms with E-state index in [-0.39, 0.29) is 17.9 Å². The maximum absolute atomic E-state index is 12.5. The summed E-state index contributed by atoms with van der Waals surface area (Å²) in [7, 11) is 0. The number of nitrogens with zero attached hydrogens (tertiary/aromatic N) is 1. The first-order chi connectivity index (χ1) is 16.5. The van der Waals surface area contributed by atoms with Gasteiger partial charge in [0, 0.05) is 18.2 Å². The van der Waals surface area contributed by atoms with E-state index in [1.165, 1.54) is 29.5 Å². The molecule has 2 heterocycles. The third-order valence-corrected chi connectivity index (χ3v) is 9.69. The van der Waals surface area contributed by atoms with Gasteiger partial charge in [0.15, 0.2) is 11.5 Å². The molecule has 1 saturated heterocycles. The van der Waals surface area contributed by atoms with E-state index in [9.17, 15) is 10.2 Å². The Kier molecular flexibility index (Phi) is 4.54. The van der Waals surface area contributed by atoms with Crippen LogP contribution in [0.15, 0.2) is 48.6 Å². The highest BCUT2D eigenvalue weighted by atomic mass is 16.5. The van der Waals surface area contributed by atoms with Crippen molar-refractivity contribution in [2.75, 3.05) is 13.1 Å². The number of phenols is 1. The highest BCUT2D eigenvalue weighted by Gasteiger charge is 2.72. The van der Waals surface area contributed by atoms with E-state index in [4.69, 9.17) is 4.74 Å². The van der Waals surface area contributed by atoms with Gasteiger partial charge in [-0.3, -0.25) is 4.90 Å². The Bertz CT molecular complexity index is 1160. The van der Waals surface area contributed by atoms with Gasteiger partial charge < -0.3 is 14.9 Å². The number of piperidine rings is 1. The Morgan fingerprint density at radius 1 is 1.12 bits per heavy atom. The van der Waals surface area contributed by atoms with Crippen LogP contribution in [0, 0.1) is 5.92 Å². The lowest BCUT2D eigenvalue weighted by Gasteiger charge is -2.63. The fourth-order valence-corrected chi connectivity index (χ4v) is 7.90. The molecule has 1 spiro atoms. The molecule has 2 unspecified atom stereocenters. The summed E-state index contributed by atoms with van der Waals surface area (Å²) in [5.41, 5.74) is 4.85. The third-order valence-electron chi connectivity index (χ3n) is 9.69. The summed E-state index contributed by atoms with van der Waals surface area (Å²) in [5, 5.41) is 23.6. The molecule has 4 heteroatoms. The second-order valence-electron chi connectivity index (χ2n) is 11.5. The van der Waals surface area contributed by atoms with Crippen molar-refractivity contribution in [2.45, 2.75) is 80.9 Å². The molecule has 4 nitrogen and oxygen atoms in total. The molecule has 0 aromatic heterocycles. The van der Waals surface area contributed by atoms with Crippen LogP contribution in [0.1, 0.15) is 60.8 Å². The molecule has 2 aliphatic heterocycles. The first-order valence-electron chi connectivity index (χ1n) is 13.2. The van der Waals surface area contributed by atoms with Gasteiger partial charge in [0.1, 0.15) is 6.10 Å². The summed E-state index contributed by atoms with van der Waals surface area (Å²) in [5.74, 6) is 1.67. The molecule has 178 valence electrons. The van der Waals surface area contributed by atoms with Crippen LogP contribution in [-0.4, -0.2) is 45.9 Å². The number of hydrogen-bond donors (Lipinski definition) is 2. The van der Waals surface area contributed by atoms with Crippen molar-refractivity contribution in [3.8, 4) is 11.5 Å². The van der Waals surface area contributed by atoms with Crippen molar-refractivity contribution in [3.05, 3.63) is 70.8 Å². The smallest absolute Gasteiger partial charge is 0.166 e. The zero-order valence-electron chi connectivity index (χ0n) is 19.9. The highest BCUT2D eigenvalue weighted by Crippen LogP contribution is 2.66. The molecular formula is C30H35NO3. The summed E-state index contributed by atoms with van der Waals surface area (Å²) in [6.07, 6.45) is 8.71. The highest BCUT2D eigenvalue weighted by molar-refractivity contribution is 5.66. The molecule has 2 aromatic rings. The zero-order valence-corrected chi connectivity index (χ0v) is 19.9. The van der Waals surface area contributed by atoms with E-state index in [0.717, 1.165) is 75.1 Å². The average molecular weight is 458 g/mol. The van der Waals surface area contributed by atoms with E-state index in [2.05, 4.69) is 41.8 Å². The third kappa shape index (κ3) is 2.79. The zero-order chi connectivity index (χ0) is 23.1. The lowest BCUT2D eigenvalue weighted by atomic mass is 9.48. The molecule has 2 aromatic carbocycles. The maximum atomic E-state index is 12.5. The van der Waals surface area contributed by atoms with E-state index in [0.29, 0.717) is 5.75 Å². The minimum Gasteiger partial charge on any atom is -0.504 e. The standard InChI is InChI=1S/C30H35NO3/c1-19-12-13-30(33)25-17-23-22(9-5-8-20-6-3-2-4-7-20)16-24(32)27-26(23)29(30,28(19)34-27)14-15-31(25)18-21-10-11-21/h2-4,6-7,16,21,25,28,32-33H,1,5,8-15,17-18H2/t25?,28-,29-,30?/m0/s1. The second kappa shape index (κ2) is 7.35. The minimum absolute atomic E-state index is 0.122. The quantitative estimate of drug-likeness (QED) is 0.618. The molecule has 2 saturated carbocycles. The summed E-state index contributed by atoms with van der Waals surface area (Å²) in [6.45, 7) is 6.49. The molecule has 2 N–H and O–H groups in total. The lowest BCUT2D eigenvalue weighted by molar-refractivity contribution is -0.174. The summed E-state index contributed by atoms with van der Waals surface area (Å²) in [6, 6.07) is 12.7. The number of aromatic hydroxyl groups is 1. The number of rotatable bonds is 6. The Hall–Kier alpha value is -2.30. The van der Waals surface area contributed by atoms with Crippen LogP contribution in [0.25, 0.3) is 0 Å². The average Bonchev–Trinajstić information content (AvgIpc) is 3.57. The molecule has 5 aliphatic rings. The fourth-order valence-electron chi connectivity index (χ4n) is 7.90. The van der Waals surface area contributed by atoms with Gasteiger partial charge in [-0.25, -0.2) is 0 Å². The molecule has 0 amide bonds. The van der Waals surface area contributed by atoms with Gasteiger partial charge in [0.05, 0.1) is 11.0 Å². The fraction of sp³-hybridized carbons (Fsp3) is 0.533. The van der Waals surface area contributed by atoms with E-state index < -0.39 is 11.0 Å². The predicted octanol–water partition coefficient (Wildman–Crippen LogP) is 4.69. The Morgan fingerprint density at radius 2 is 1.94 bits per heavy atom. The lowest BCUT2D eigenvalue weighted by Crippen LogP contribution is -2.75. The van der Waals surface area contributed by atoms with Crippen molar-refractivity contribution in [3.63, 3.8) is 0 Å². The number of aliphatic hydroxyl groups is 1. The van der Waals surface area contributed by atoms with Gasteiger partial charge >= 0.3 is 0 Å². The minimum atomic E-state index is -0.820. The Balaban J connectivity index is 1.31. The van der Waals surface area contributed by atoms with Gasteiger partial charge in [-0.2, -0.15) is 0 Å². The monoisotopic (exact) mass is 457 g/mol. The SMILES string of the molecule is C=C1CCC2(O)C3Cc4c(CCCc5ccccc5)cc(O)c5c4[C@@]2(CCN3CC2CC2)[C@H]1O5. The Morgan fingerprint density at radius 3 is 2.74 bits per heavy atom. The first-order valence-corrected chi connectivity index (χ1v) is 13.2. The number of ether oxygens (including phenoxy) is 1. The van der Waals surface area contributed by atoms with Crippen LogP contribution < -0.4 is 4.74 Å². The molecule has 4 atom stereocenters. The van der Waals surface area contributed by atoms with Gasteiger partial charge in [-0.15, -0.1) is 0 Å². The molecule has 2 bridgehead atoms. The molecule has 0 radical (unpaired) electrons. The van der Waals surface area contributed by atoms with Crippen LogP contribution in [0.4, 0.5) is 0 Å². The van der Waals surface area contributed by atoms with Crippen LogP contribution in [-0.2, 0) is 24.7 Å². The van der Waals surface area contributed by atoms with Crippen molar-refractivity contribution in [2.24, 2.45) is 5.92 Å². The molecule has 3 aliphatic carbocycles. The van der Waals surface area contributed by atoms with Crippen molar-refractivity contribution in [1.82, 2.24) is 4.90 Å². The van der Waals surface area contributed by atoms with Gasteiger partial charge in [0.25, 0.3) is 0 Å². The van der Waals surface area contributed by atoms with Gasteiger partial charge in [-0.05, 0) is 98.6 Å². The summed E-state index contributed by atoms with van der Waals surface area (Å²) in [4.78, 5) is 2.61. The van der Waals surface area contributed by atoms with E-state index in [1.807, 2.05) is 6.07 Å². The largest absolute Gasteiger partial charge is 0.504 e. The topological polar surface area (TPSA) is 52.9 Å². The Labute approximate surface area is 202 Å². The first kappa shape index (κ1) is 21.0. The predicted molar refractivity (Wildman–Crippen MR) is 132 cm³/mol. The van der Waals surface area contributed by atoms with Crippen LogP contribution >= 0.6 is 0 Å². The van der Waals surface area contributed by atoms with E-state index in [1.54, 1.807) is 0 Å². The number of hydrogen-bond acceptors (Lipinski definition) is 4. The van der Waals surface area contributed by atoms with Crippen molar-refractivity contribution >= 4 is 0 Å². The van der Waals surface area contributed by atoms with Crippen LogP contribution in [0.5, 0.6) is 11.5 Å². The van der Waals surface area contributed by atoms with Crippen molar-refractivity contribution < 1.29 is 14.9 Å². The van der Waals surface area contributed by atoms with Crippen LogP contribution in [0.3, 0.4) is 0 Å². The maximum Gasteiger partial charge on any atom is 0.166 e. The number of phenolic OH excluding ortho intramolecular Hbond substituents is 1. The molecular weight excluding hydrogens is 422 g/mol. The number of aryl methyl sites for hydroxylation is 2. The second-order valence-corrected chi connectivity index (χ2v) is 11.5. The van der Waals surface area contributed by atoms with Crippen LogP contribution in [0.2, 0.25) is 0 Å². The summed E-state index contributed by atoms with van der Waals surface area (Å²) >= 11 is 0. The molecule has 3 fully saturated rings. The molecule has 7 rings (SSSR count). The van der Waals surface area contributed by atoms with Gasteiger partial charge in [-0.1, -0.05) is 36.9 Å².